The summed E-state index contributed by atoms with van der Waals surface area (Å²) in [4.78, 5) is 0. The molecule has 190 valence electrons. The van der Waals surface area contributed by atoms with Crippen LogP contribution in [-0.2, 0) is 35.7 Å². The van der Waals surface area contributed by atoms with E-state index in [0.29, 0.717) is 10.9 Å². The zero-order valence-electron chi connectivity index (χ0n) is 21.0. The number of benzene rings is 2. The summed E-state index contributed by atoms with van der Waals surface area (Å²) in [6, 6.07) is 13.9. The fourth-order valence-corrected chi connectivity index (χ4v) is 3.65. The Bertz CT molecular complexity index is 1280. The van der Waals surface area contributed by atoms with Crippen molar-refractivity contribution in [2.75, 3.05) is 0 Å². The van der Waals surface area contributed by atoms with Gasteiger partial charge in [0, 0.05) is 0 Å². The second-order valence-corrected chi connectivity index (χ2v) is 18.3. The summed E-state index contributed by atoms with van der Waals surface area (Å²) >= 11 is 1.74. The van der Waals surface area contributed by atoms with Gasteiger partial charge in [0.15, 0.2) is 0 Å². The first-order chi connectivity index (χ1) is 16.5. The molecule has 0 unspecified atom stereocenters. The van der Waals surface area contributed by atoms with Crippen LogP contribution in [0.2, 0.25) is 13.1 Å². The van der Waals surface area contributed by atoms with Crippen molar-refractivity contribution in [2.24, 2.45) is 0 Å². The van der Waals surface area contributed by atoms with E-state index in [1.807, 2.05) is 0 Å². The number of fused-ring (bicyclic) bond motifs is 1. The molecule has 0 heterocycles. The van der Waals surface area contributed by atoms with E-state index in [-0.39, 0.29) is 17.1 Å². The molecule has 0 radical (unpaired) electrons. The zero-order chi connectivity index (χ0) is 27.4. The van der Waals surface area contributed by atoms with Gasteiger partial charge >= 0.3 is 54.2 Å². The van der Waals surface area contributed by atoms with Crippen LogP contribution >= 0.6 is 0 Å². The van der Waals surface area contributed by atoms with Gasteiger partial charge in [-0.05, 0) is 6.07 Å². The first-order valence-electron chi connectivity index (χ1n) is 11.2. The van der Waals surface area contributed by atoms with Crippen molar-refractivity contribution >= 4 is 16.2 Å². The van der Waals surface area contributed by atoms with Gasteiger partial charge in [0.2, 0.25) is 0 Å². The first kappa shape index (κ1) is 30.3. The summed E-state index contributed by atoms with van der Waals surface area (Å²) < 4.78 is 77.5. The molecule has 4 aromatic carbocycles. The third-order valence-corrected chi connectivity index (χ3v) is 5.76. The van der Waals surface area contributed by atoms with Crippen molar-refractivity contribution < 1.29 is 49.7 Å². The van der Waals surface area contributed by atoms with Gasteiger partial charge in [-0.15, -0.1) is 46.7 Å². The molecule has 4 aromatic rings. The largest absolute Gasteiger partial charge is 0.416 e. The van der Waals surface area contributed by atoms with Crippen LogP contribution in [0.15, 0.2) is 60.7 Å². The summed E-state index contributed by atoms with van der Waals surface area (Å²) in [5.74, 6) is 0. The van der Waals surface area contributed by atoms with Crippen LogP contribution in [0.3, 0.4) is 0 Å². The van der Waals surface area contributed by atoms with Crippen molar-refractivity contribution in [3.8, 4) is 11.1 Å². The quantitative estimate of drug-likeness (QED) is 0.116. The maximum absolute atomic E-state index is 12.9. The Balaban J connectivity index is 0.000000290. The van der Waals surface area contributed by atoms with Gasteiger partial charge in [0.05, 0.1) is 11.1 Å². The van der Waals surface area contributed by atoms with Crippen LogP contribution in [0.5, 0.6) is 0 Å². The normalized spacial score (nSPS) is 11.5. The smallest absolute Gasteiger partial charge is 0.196 e. The standard InChI is InChI=1S/C17H9F6.C9H13.C2H6Si.Zr/c18-16(19,20)12-7-11(8-13(9-12)17(21,22)23)15-6-5-10-3-1-2-4-14(10)15;1-6-5-7(2)9(4)8(6)3;1-3-2;/h1-9H;5H,1-4H3;1-2H3;/q2*-1;;+2. The molecule has 0 bridgehead atoms. The van der Waals surface area contributed by atoms with Crippen LogP contribution in [0, 0.1) is 27.7 Å². The Hall–Kier alpha value is -1.92. The first-order valence-corrected chi connectivity index (χ1v) is 17.4. The summed E-state index contributed by atoms with van der Waals surface area (Å²) in [5.41, 5.74) is 3.57. The minimum atomic E-state index is -4.85. The van der Waals surface area contributed by atoms with Crippen molar-refractivity contribution in [3.05, 3.63) is 94.0 Å². The molecule has 0 N–H and O–H groups in total. The van der Waals surface area contributed by atoms with E-state index < -0.39 is 23.5 Å². The molecule has 0 aromatic heterocycles. The molecular weight excluding hydrogens is 570 g/mol. The van der Waals surface area contributed by atoms with Crippen LogP contribution in [0.1, 0.15) is 33.4 Å². The van der Waals surface area contributed by atoms with E-state index in [9.17, 15) is 26.3 Å². The van der Waals surface area contributed by atoms with Crippen LogP contribution in [0.25, 0.3) is 21.9 Å². The second-order valence-electron chi connectivity index (χ2n) is 8.89. The van der Waals surface area contributed by atoms with E-state index in [2.05, 4.69) is 46.9 Å². The Kier molecular flexibility index (Phi) is 10.2. The van der Waals surface area contributed by atoms with E-state index >= 15 is 0 Å². The molecule has 0 aliphatic carbocycles. The number of aryl methyl sites for hydroxylation is 2. The molecule has 0 spiro atoms. The maximum atomic E-state index is 12.9. The fourth-order valence-electron chi connectivity index (χ4n) is 3.65. The maximum Gasteiger partial charge on any atom is 0.416 e. The van der Waals surface area contributed by atoms with Crippen molar-refractivity contribution in [1.82, 2.24) is 0 Å². The Morgan fingerprint density at radius 3 is 1.58 bits per heavy atom. The van der Waals surface area contributed by atoms with Crippen molar-refractivity contribution in [3.63, 3.8) is 0 Å². The monoisotopic (exact) mass is 596 g/mol. The molecule has 0 aliphatic rings. The summed E-state index contributed by atoms with van der Waals surface area (Å²) in [6.07, 6.45) is -9.70. The van der Waals surface area contributed by atoms with E-state index in [0.717, 1.165) is 17.5 Å². The predicted octanol–water partition coefficient (Wildman–Crippen LogP) is 9.69. The van der Waals surface area contributed by atoms with E-state index in [1.165, 1.54) is 28.3 Å². The number of alkyl halides is 6. The van der Waals surface area contributed by atoms with E-state index in [1.54, 1.807) is 53.7 Å². The van der Waals surface area contributed by atoms with Crippen LogP contribution in [0.4, 0.5) is 26.3 Å². The van der Waals surface area contributed by atoms with Crippen LogP contribution in [-0.4, -0.2) is 5.43 Å². The van der Waals surface area contributed by atoms with Gasteiger partial charge in [0.25, 0.3) is 0 Å². The molecule has 0 aliphatic heterocycles. The molecule has 0 saturated carbocycles. The predicted molar refractivity (Wildman–Crippen MR) is 133 cm³/mol. The number of halogens is 6. The minimum Gasteiger partial charge on any atom is -0.196 e. The molecule has 0 atom stereocenters. The Morgan fingerprint density at radius 1 is 0.750 bits per heavy atom. The molecule has 8 heteroatoms. The Labute approximate surface area is 223 Å². The summed E-state index contributed by atoms with van der Waals surface area (Å²) in [6.45, 7) is 13.3. The molecule has 4 rings (SSSR count). The molecule has 36 heavy (non-hydrogen) atoms. The van der Waals surface area contributed by atoms with Crippen LogP contribution < -0.4 is 0 Å². The number of hydrogen-bond acceptors (Lipinski definition) is 0. The SMILES string of the molecule is C[Si](C)=[Zr+2].Cc1[cH-]c(C)c(C)c1C.FC(F)(F)c1cc(-c2c[cH-]c3ccccc23)cc(C(F)(F)F)c1. The third-order valence-electron chi connectivity index (χ3n) is 5.76. The van der Waals surface area contributed by atoms with Gasteiger partial charge in [-0.3, -0.25) is 0 Å². The molecule has 0 fully saturated rings. The van der Waals surface area contributed by atoms with Gasteiger partial charge in [-0.1, -0.05) is 51.5 Å². The fraction of sp³-hybridized carbons (Fsp3) is 0.286. The molecule has 0 amide bonds. The zero-order valence-corrected chi connectivity index (χ0v) is 24.5. The second kappa shape index (κ2) is 12.1. The van der Waals surface area contributed by atoms with Gasteiger partial charge in [0.1, 0.15) is 0 Å². The van der Waals surface area contributed by atoms with Crippen molar-refractivity contribution in [2.45, 2.75) is 53.1 Å². The minimum absolute atomic E-state index is 0.103. The Morgan fingerprint density at radius 2 is 1.19 bits per heavy atom. The van der Waals surface area contributed by atoms with Gasteiger partial charge in [-0.2, -0.15) is 54.7 Å². The van der Waals surface area contributed by atoms with E-state index in [4.69, 9.17) is 0 Å². The molecule has 0 saturated heterocycles. The average molecular weight is 598 g/mol. The topological polar surface area (TPSA) is 0 Å². The van der Waals surface area contributed by atoms with Gasteiger partial charge in [-0.25, -0.2) is 0 Å². The summed E-state index contributed by atoms with van der Waals surface area (Å²) in [7, 11) is 0. The summed E-state index contributed by atoms with van der Waals surface area (Å²) in [5, 5.41) is 1.37. The molecule has 0 nitrogen and oxygen atoms in total. The molecular formula is C28H28F6SiZr. The number of rotatable bonds is 1. The average Bonchev–Trinajstić information content (AvgIpc) is 3.29. The van der Waals surface area contributed by atoms with Gasteiger partial charge < -0.3 is 0 Å². The third kappa shape index (κ3) is 8.04. The van der Waals surface area contributed by atoms with Crippen molar-refractivity contribution in [1.29, 1.82) is 0 Å². The number of hydrogen-bond donors (Lipinski definition) is 0.